The zero-order valence-corrected chi connectivity index (χ0v) is 23.7. The number of fused-ring (bicyclic) bond motifs is 3. The summed E-state index contributed by atoms with van der Waals surface area (Å²) in [6.45, 7) is -0.879. The molecule has 2 N–H and O–H groups in total. The van der Waals surface area contributed by atoms with Crippen LogP contribution in [0.4, 0.5) is 37.6 Å². The summed E-state index contributed by atoms with van der Waals surface area (Å²) in [5.74, 6) is -4.50. The number of nitrogens with zero attached hydrogens (tertiary/aromatic N) is 5. The van der Waals surface area contributed by atoms with Gasteiger partial charge in [0, 0.05) is 36.4 Å². The zero-order valence-electron chi connectivity index (χ0n) is 23.7. The van der Waals surface area contributed by atoms with Crippen molar-refractivity contribution in [3.63, 3.8) is 0 Å². The molecule has 10 nitrogen and oxygen atoms in total. The molecule has 2 saturated heterocycles. The minimum atomic E-state index is -3.65. The van der Waals surface area contributed by atoms with E-state index in [1.54, 1.807) is 48.5 Å². The summed E-state index contributed by atoms with van der Waals surface area (Å²) in [4.78, 5) is 39.1. The van der Waals surface area contributed by atoms with Crippen molar-refractivity contribution in [1.82, 2.24) is 20.2 Å². The second-order valence-corrected chi connectivity index (χ2v) is 11.1. The normalized spacial score (nSPS) is 23.3. The van der Waals surface area contributed by atoms with Crippen LogP contribution in [-0.2, 0) is 4.79 Å². The molecule has 0 aliphatic carbocycles. The van der Waals surface area contributed by atoms with E-state index in [0.717, 1.165) is 17.7 Å². The number of aromatic nitrogens is 2. The van der Waals surface area contributed by atoms with Gasteiger partial charge in [-0.2, -0.15) is 13.8 Å². The van der Waals surface area contributed by atoms with Gasteiger partial charge in [-0.15, -0.1) is 0 Å². The number of benzene rings is 2. The highest BCUT2D eigenvalue weighted by Gasteiger charge is 2.47. The molecule has 2 bridgehead atoms. The van der Waals surface area contributed by atoms with E-state index in [2.05, 4.69) is 32.5 Å². The van der Waals surface area contributed by atoms with Gasteiger partial charge in [-0.1, -0.05) is 18.2 Å². The number of hydrogen-bond acceptors (Lipinski definition) is 8. The van der Waals surface area contributed by atoms with E-state index >= 15 is 0 Å². The molecule has 2 amide bonds. The lowest BCUT2D eigenvalue weighted by Crippen LogP contribution is -2.48. The Labute approximate surface area is 242 Å². The molecule has 6 rings (SSSR count). The predicted octanol–water partition coefficient (Wildman–Crippen LogP) is 4.33. The molecule has 0 saturated carbocycles. The number of anilines is 5. The summed E-state index contributed by atoms with van der Waals surface area (Å²) in [6, 6.07) is 14.8. The summed E-state index contributed by atoms with van der Waals surface area (Å²) in [7, 11) is 4.94. The Hall–Kier alpha value is -4.32. The van der Waals surface area contributed by atoms with Crippen LogP contribution in [-0.4, -0.2) is 78.5 Å². The van der Waals surface area contributed by atoms with E-state index in [1.165, 1.54) is 38.1 Å². The van der Waals surface area contributed by atoms with E-state index in [0.29, 0.717) is 34.8 Å². The number of halogens is 2. The van der Waals surface area contributed by atoms with Crippen LogP contribution in [0.25, 0.3) is 0 Å². The van der Waals surface area contributed by atoms with Gasteiger partial charge >= 0.3 is 5.92 Å². The number of hydrogen-bond donors (Lipinski definition) is 2. The van der Waals surface area contributed by atoms with Crippen LogP contribution in [0.1, 0.15) is 36.0 Å². The minimum absolute atomic E-state index is 0.109. The second kappa shape index (κ2) is 10.8. The number of para-hydroxylation sites is 1. The van der Waals surface area contributed by atoms with Crippen LogP contribution in [0.2, 0.25) is 0 Å². The number of carbonyl (C=O) groups is 2. The molecule has 220 valence electrons. The molecule has 12 heteroatoms. The van der Waals surface area contributed by atoms with Gasteiger partial charge in [0.05, 0.1) is 25.5 Å². The number of alkyl halides is 2. The topological polar surface area (TPSA) is 103 Å². The molecule has 0 spiro atoms. The average Bonchev–Trinajstić information content (AvgIpc) is 3.15. The van der Waals surface area contributed by atoms with Crippen LogP contribution in [0, 0.1) is 0 Å². The standard InChI is InChI=1S/C30H33F2N7O3/c1-37-21-10-11-22(37)15-19(14-21)34-27(40)18-9-12-23(25(13-18)42-3)35-29-33-16-24-26(36-29)39(20-7-5-4-6-8-20)17-30(31,32)28(41)38(24)2/h4-9,12-13,16,19,21-22H,10-11,14-15,17H2,1-3H3,(H,34,40)(H,33,35,36). The number of rotatable bonds is 6. The smallest absolute Gasteiger partial charge is 0.342 e. The maximum atomic E-state index is 14.9. The minimum Gasteiger partial charge on any atom is -0.495 e. The molecule has 2 unspecified atom stereocenters. The van der Waals surface area contributed by atoms with E-state index in [-0.39, 0.29) is 29.4 Å². The summed E-state index contributed by atoms with van der Waals surface area (Å²) < 4.78 is 35.4. The van der Waals surface area contributed by atoms with Crippen LogP contribution in [0.15, 0.2) is 54.7 Å². The monoisotopic (exact) mass is 577 g/mol. The largest absolute Gasteiger partial charge is 0.495 e. The molecule has 3 aliphatic rings. The van der Waals surface area contributed by atoms with Crippen LogP contribution in [0.5, 0.6) is 5.75 Å². The Morgan fingerprint density at radius 1 is 1.07 bits per heavy atom. The lowest BCUT2D eigenvalue weighted by molar-refractivity contribution is -0.140. The summed E-state index contributed by atoms with van der Waals surface area (Å²) in [5, 5.41) is 6.27. The first-order valence-electron chi connectivity index (χ1n) is 14.0. The van der Waals surface area contributed by atoms with Crippen LogP contribution >= 0.6 is 0 Å². The van der Waals surface area contributed by atoms with Crippen LogP contribution in [0.3, 0.4) is 0 Å². The fourth-order valence-electron chi connectivity index (χ4n) is 6.23. The molecule has 4 heterocycles. The number of ether oxygens (including phenoxy) is 1. The molecular formula is C30H33F2N7O3. The number of amides is 2. The summed E-state index contributed by atoms with van der Waals surface area (Å²) >= 11 is 0. The summed E-state index contributed by atoms with van der Waals surface area (Å²) in [5.41, 5.74) is 1.55. The third-order valence-electron chi connectivity index (χ3n) is 8.55. The first kappa shape index (κ1) is 27.8. The van der Waals surface area contributed by atoms with E-state index in [1.807, 2.05) is 0 Å². The summed E-state index contributed by atoms with van der Waals surface area (Å²) in [6.07, 6.45) is 5.56. The van der Waals surface area contributed by atoms with Gasteiger partial charge in [0.2, 0.25) is 5.95 Å². The first-order valence-corrected chi connectivity index (χ1v) is 14.0. The van der Waals surface area contributed by atoms with Crippen molar-refractivity contribution in [2.75, 3.05) is 42.9 Å². The Morgan fingerprint density at radius 3 is 2.48 bits per heavy atom. The van der Waals surface area contributed by atoms with Gasteiger partial charge in [-0.25, -0.2) is 4.98 Å². The highest BCUT2D eigenvalue weighted by Crippen LogP contribution is 2.40. The fraction of sp³-hybridized carbons (Fsp3) is 0.400. The van der Waals surface area contributed by atoms with Crippen molar-refractivity contribution in [3.8, 4) is 5.75 Å². The molecular weight excluding hydrogens is 544 g/mol. The third kappa shape index (κ3) is 5.11. The van der Waals surface area contributed by atoms with Crippen molar-refractivity contribution in [2.45, 2.75) is 49.7 Å². The maximum Gasteiger partial charge on any atom is 0.342 e. The molecule has 0 radical (unpaired) electrons. The van der Waals surface area contributed by atoms with Crippen molar-refractivity contribution >= 4 is 40.6 Å². The van der Waals surface area contributed by atoms with Crippen molar-refractivity contribution < 1.29 is 23.1 Å². The van der Waals surface area contributed by atoms with Crippen molar-refractivity contribution in [3.05, 3.63) is 60.3 Å². The highest BCUT2D eigenvalue weighted by molar-refractivity contribution is 6.02. The highest BCUT2D eigenvalue weighted by atomic mass is 19.3. The molecule has 3 aliphatic heterocycles. The van der Waals surface area contributed by atoms with E-state index in [4.69, 9.17) is 4.74 Å². The Balaban J connectivity index is 1.25. The molecule has 2 aromatic carbocycles. The Bertz CT molecular complexity index is 1490. The Morgan fingerprint density at radius 2 is 1.79 bits per heavy atom. The van der Waals surface area contributed by atoms with Gasteiger partial charge in [0.15, 0.2) is 5.82 Å². The SMILES string of the molecule is COc1cc(C(=O)NC2CC3CCC(C2)N3C)ccc1Nc1ncc2c(n1)N(c1ccccc1)CC(F)(F)C(=O)N2C. The number of carbonyl (C=O) groups excluding carboxylic acids is 2. The number of nitrogens with one attached hydrogen (secondary N) is 2. The predicted molar refractivity (Wildman–Crippen MR) is 155 cm³/mol. The third-order valence-corrected chi connectivity index (χ3v) is 8.55. The fourth-order valence-corrected chi connectivity index (χ4v) is 6.23. The van der Waals surface area contributed by atoms with Gasteiger partial charge in [0.1, 0.15) is 11.4 Å². The van der Waals surface area contributed by atoms with E-state index in [9.17, 15) is 18.4 Å². The van der Waals surface area contributed by atoms with E-state index < -0.39 is 18.4 Å². The lowest BCUT2D eigenvalue weighted by Gasteiger charge is -2.36. The molecule has 2 atom stereocenters. The van der Waals surface area contributed by atoms with Gasteiger partial charge in [0.25, 0.3) is 11.8 Å². The van der Waals surface area contributed by atoms with Crippen LogP contribution < -0.4 is 25.2 Å². The number of methoxy groups -OCH3 is 1. The quantitative estimate of drug-likeness (QED) is 0.446. The van der Waals surface area contributed by atoms with Gasteiger partial charge in [-0.05, 0) is 63.1 Å². The average molecular weight is 578 g/mol. The maximum absolute atomic E-state index is 14.9. The van der Waals surface area contributed by atoms with Crippen molar-refractivity contribution in [2.24, 2.45) is 0 Å². The van der Waals surface area contributed by atoms with Gasteiger partial charge < -0.3 is 30.1 Å². The second-order valence-electron chi connectivity index (χ2n) is 11.1. The molecule has 2 fully saturated rings. The first-order chi connectivity index (χ1) is 20.1. The lowest BCUT2D eigenvalue weighted by atomic mass is 9.97. The zero-order chi connectivity index (χ0) is 29.6. The molecule has 42 heavy (non-hydrogen) atoms. The van der Waals surface area contributed by atoms with Gasteiger partial charge in [-0.3, -0.25) is 9.59 Å². The van der Waals surface area contributed by atoms with Crippen molar-refractivity contribution in [1.29, 1.82) is 0 Å². The molecule has 1 aromatic heterocycles. The molecule has 3 aromatic rings. The Kier molecular flexibility index (Phi) is 7.17. The number of piperidine rings is 1.